The fourth-order valence-corrected chi connectivity index (χ4v) is 3.94. The number of halogens is 2. The first-order valence-electron chi connectivity index (χ1n) is 8.00. The van der Waals surface area contributed by atoms with Gasteiger partial charge in [-0.2, -0.15) is 13.9 Å². The molecular weight excluding hydrogens is 364 g/mol. The van der Waals surface area contributed by atoms with Crippen LogP contribution in [0.4, 0.5) is 8.78 Å². The smallest absolute Gasteiger partial charge is 0.333 e. The number of hydrogen-bond acceptors (Lipinski definition) is 7. The van der Waals surface area contributed by atoms with E-state index in [0.29, 0.717) is 43.0 Å². The van der Waals surface area contributed by atoms with Gasteiger partial charge >= 0.3 is 6.55 Å². The summed E-state index contributed by atoms with van der Waals surface area (Å²) in [4.78, 5) is 21.5. The van der Waals surface area contributed by atoms with Crippen LogP contribution in [-0.4, -0.2) is 51.7 Å². The molecule has 136 valence electrons. The number of carbonyl (C=O) groups is 1. The second kappa shape index (κ2) is 6.94. The summed E-state index contributed by atoms with van der Waals surface area (Å²) >= 11 is 1.49. The minimum atomic E-state index is -2.68. The van der Waals surface area contributed by atoms with Crippen LogP contribution in [0.2, 0.25) is 0 Å². The molecule has 0 amide bonds. The van der Waals surface area contributed by atoms with Gasteiger partial charge in [0.15, 0.2) is 10.8 Å². The van der Waals surface area contributed by atoms with Crippen molar-refractivity contribution in [3.8, 4) is 0 Å². The zero-order valence-electron chi connectivity index (χ0n) is 13.6. The monoisotopic (exact) mass is 379 g/mol. The lowest BCUT2D eigenvalue weighted by Crippen LogP contribution is -2.32. The zero-order chi connectivity index (χ0) is 18.1. The van der Waals surface area contributed by atoms with Gasteiger partial charge in [0.05, 0.1) is 18.8 Å². The van der Waals surface area contributed by atoms with Crippen molar-refractivity contribution in [3.63, 3.8) is 0 Å². The van der Waals surface area contributed by atoms with Crippen LogP contribution >= 0.6 is 11.3 Å². The van der Waals surface area contributed by atoms with E-state index in [0.717, 1.165) is 22.1 Å². The molecule has 4 rings (SSSR count). The molecule has 0 radical (unpaired) electrons. The molecule has 10 heteroatoms. The summed E-state index contributed by atoms with van der Waals surface area (Å²) in [7, 11) is 0. The highest BCUT2D eigenvalue weighted by Gasteiger charge is 2.36. The van der Waals surface area contributed by atoms with E-state index < -0.39 is 6.55 Å². The normalized spacial score (nSPS) is 19.7. The van der Waals surface area contributed by atoms with Crippen molar-refractivity contribution < 1.29 is 18.3 Å². The van der Waals surface area contributed by atoms with E-state index in [1.165, 1.54) is 17.5 Å². The number of carbonyl (C=O) groups excluding carboxylic acids is 1. The predicted octanol–water partition coefficient (Wildman–Crippen LogP) is 2.40. The molecule has 0 saturated carbocycles. The first kappa shape index (κ1) is 16.8. The highest BCUT2D eigenvalue weighted by molar-refractivity contribution is 7.11. The van der Waals surface area contributed by atoms with E-state index in [1.54, 1.807) is 12.3 Å². The Morgan fingerprint density at radius 2 is 2.35 bits per heavy atom. The van der Waals surface area contributed by atoms with E-state index >= 15 is 0 Å². The molecule has 1 unspecified atom stereocenters. The number of nitrogens with zero attached hydrogens (tertiary/aromatic N) is 5. The van der Waals surface area contributed by atoms with Gasteiger partial charge < -0.3 is 9.64 Å². The molecule has 0 N–H and O–H groups in total. The number of aromatic nitrogens is 3. The summed E-state index contributed by atoms with van der Waals surface area (Å²) in [5, 5.41) is 6.66. The number of allylic oxidation sites excluding steroid dienone is 1. The lowest BCUT2D eigenvalue weighted by atomic mass is 10.0. The molecule has 0 aliphatic carbocycles. The largest absolute Gasteiger partial charge is 0.468 e. The first-order valence-corrected chi connectivity index (χ1v) is 8.88. The second-order valence-corrected chi connectivity index (χ2v) is 6.87. The topological polar surface area (TPSA) is 72.6 Å². The minimum Gasteiger partial charge on any atom is -0.468 e. The fourth-order valence-electron chi connectivity index (χ4n) is 3.29. The molecule has 1 fully saturated rings. The Bertz CT molecular complexity index is 862. The van der Waals surface area contributed by atoms with Crippen LogP contribution in [0.15, 0.2) is 34.5 Å². The molecule has 2 aliphatic rings. The fraction of sp³-hybridized carbons (Fsp3) is 0.375. The maximum absolute atomic E-state index is 12.9. The molecule has 1 saturated heterocycles. The van der Waals surface area contributed by atoms with E-state index in [4.69, 9.17) is 4.74 Å². The summed E-state index contributed by atoms with van der Waals surface area (Å²) in [6, 6.07) is 1.58. The van der Waals surface area contributed by atoms with Gasteiger partial charge in [0.1, 0.15) is 0 Å². The van der Waals surface area contributed by atoms with E-state index in [-0.39, 0.29) is 5.92 Å². The number of ether oxygens (including phenoxy) is 1. The molecule has 26 heavy (non-hydrogen) atoms. The van der Waals surface area contributed by atoms with Crippen molar-refractivity contribution in [3.05, 3.63) is 40.2 Å². The summed E-state index contributed by atoms with van der Waals surface area (Å²) in [5.74, 6) is 0.867. The molecule has 0 bridgehead atoms. The molecule has 2 aromatic rings. The quantitative estimate of drug-likeness (QED) is 0.721. The average molecular weight is 379 g/mol. The van der Waals surface area contributed by atoms with Gasteiger partial charge in [-0.05, 0) is 12.5 Å². The summed E-state index contributed by atoms with van der Waals surface area (Å²) in [6.07, 6.45) is 3.64. The minimum absolute atomic E-state index is 0.102. The van der Waals surface area contributed by atoms with Crippen LogP contribution in [0.25, 0.3) is 5.57 Å². The molecular formula is C16H15F2N5O2S. The molecule has 2 aromatic heterocycles. The maximum atomic E-state index is 12.9. The second-order valence-electron chi connectivity index (χ2n) is 5.97. The zero-order valence-corrected chi connectivity index (χ0v) is 14.4. The number of fused-ring (bicyclic) bond motifs is 1. The van der Waals surface area contributed by atoms with Crippen LogP contribution in [0.5, 0.6) is 0 Å². The van der Waals surface area contributed by atoms with E-state index in [2.05, 4.69) is 15.1 Å². The van der Waals surface area contributed by atoms with E-state index in [1.807, 2.05) is 10.3 Å². The van der Waals surface area contributed by atoms with Crippen LogP contribution < -0.4 is 0 Å². The van der Waals surface area contributed by atoms with Gasteiger partial charge in [0, 0.05) is 41.5 Å². The Morgan fingerprint density at radius 1 is 1.46 bits per heavy atom. The molecule has 4 heterocycles. The third kappa shape index (κ3) is 3.00. The van der Waals surface area contributed by atoms with Gasteiger partial charge in [-0.3, -0.25) is 9.79 Å². The maximum Gasteiger partial charge on any atom is 0.333 e. The number of rotatable bonds is 6. The van der Waals surface area contributed by atoms with Crippen molar-refractivity contribution in [2.24, 2.45) is 10.9 Å². The summed E-state index contributed by atoms with van der Waals surface area (Å²) in [5.41, 5.74) is 2.28. The molecule has 2 aliphatic heterocycles. The van der Waals surface area contributed by atoms with Gasteiger partial charge in [0.2, 0.25) is 0 Å². The first-order chi connectivity index (χ1) is 12.7. The van der Waals surface area contributed by atoms with Crippen molar-refractivity contribution in [1.29, 1.82) is 0 Å². The Morgan fingerprint density at radius 3 is 3.04 bits per heavy atom. The van der Waals surface area contributed by atoms with Crippen molar-refractivity contribution in [2.75, 3.05) is 19.7 Å². The van der Waals surface area contributed by atoms with Gasteiger partial charge in [-0.25, -0.2) is 9.67 Å². The lowest BCUT2D eigenvalue weighted by molar-refractivity contribution is -0.129. The van der Waals surface area contributed by atoms with Crippen molar-refractivity contribution in [1.82, 2.24) is 19.7 Å². The lowest BCUT2D eigenvalue weighted by Gasteiger charge is -2.27. The number of alkyl halides is 2. The van der Waals surface area contributed by atoms with Crippen molar-refractivity contribution in [2.45, 2.75) is 13.0 Å². The third-order valence-electron chi connectivity index (χ3n) is 4.38. The third-order valence-corrected chi connectivity index (χ3v) is 5.15. The highest BCUT2D eigenvalue weighted by Crippen LogP contribution is 2.37. The number of thiazole rings is 1. The number of amidine groups is 1. The Hall–Kier alpha value is -2.62. The van der Waals surface area contributed by atoms with Crippen LogP contribution in [0, 0.1) is 5.92 Å². The highest BCUT2D eigenvalue weighted by atomic mass is 32.1. The molecule has 0 aromatic carbocycles. The van der Waals surface area contributed by atoms with Crippen molar-refractivity contribution >= 4 is 29.2 Å². The number of aliphatic imine (C=N–C) groups is 1. The number of hydrogen-bond donors (Lipinski definition) is 0. The van der Waals surface area contributed by atoms with Crippen LogP contribution in [0.1, 0.15) is 23.7 Å². The van der Waals surface area contributed by atoms with Gasteiger partial charge in [0.25, 0.3) is 6.47 Å². The van der Waals surface area contributed by atoms with Gasteiger partial charge in [-0.1, -0.05) is 0 Å². The Balaban J connectivity index is 1.69. The average Bonchev–Trinajstić information content (AvgIpc) is 3.38. The molecule has 0 spiro atoms. The van der Waals surface area contributed by atoms with Crippen LogP contribution in [-0.2, 0) is 9.53 Å². The Kier molecular flexibility index (Phi) is 4.49. The SMILES string of the molecule is O=COCC1CC2=C(c3ccn(C(F)F)n3)CN=C(c3nccs3)N2C1. The van der Waals surface area contributed by atoms with Crippen LogP contribution in [0.3, 0.4) is 0 Å². The van der Waals surface area contributed by atoms with E-state index in [9.17, 15) is 13.6 Å². The Labute approximate surface area is 151 Å². The summed E-state index contributed by atoms with van der Waals surface area (Å²) in [6.45, 7) is -0.969. The predicted molar refractivity (Wildman–Crippen MR) is 90.7 cm³/mol. The molecule has 7 nitrogen and oxygen atoms in total. The summed E-state index contributed by atoms with van der Waals surface area (Å²) < 4.78 is 31.3. The molecule has 1 atom stereocenters. The van der Waals surface area contributed by atoms with Gasteiger partial charge in [-0.15, -0.1) is 11.3 Å². The standard InChI is InChI=1S/C16H15F2N5O2S/c17-16(18)23-3-1-12(21-23)11-6-20-14(15-19-2-4-26-15)22-7-10(5-13(11)22)8-25-9-24/h1-4,9-10,16H,5-8H2.